The second kappa shape index (κ2) is 31.1. The summed E-state index contributed by atoms with van der Waals surface area (Å²) in [4.78, 5) is 158. The Kier molecular flexibility index (Phi) is 27.0. The van der Waals surface area contributed by atoms with Crippen molar-refractivity contribution in [3.05, 3.63) is 0 Å². The fraction of sp³-hybridized carbons (Fsp3) is 0.755. The quantitative estimate of drug-likeness (QED) is 0.0389. The summed E-state index contributed by atoms with van der Waals surface area (Å²) in [7, 11) is 0. The number of Topliss-reactive ketones (excluding diaryl/α,β-unsaturated/α-hetero) is 5. The average Bonchev–Trinajstić information content (AvgIpc) is 3.98. The zero-order valence-electron chi connectivity index (χ0n) is 42.0. The minimum Gasteiger partial charge on any atom is -0.481 e. The molecule has 0 bridgehead atoms. The van der Waals surface area contributed by atoms with Gasteiger partial charge in [0.05, 0.1) is 54.6 Å². The summed E-state index contributed by atoms with van der Waals surface area (Å²) in [6.07, 6.45) is -1.49. The van der Waals surface area contributed by atoms with E-state index < -0.39 is 132 Å². The van der Waals surface area contributed by atoms with E-state index in [1.54, 1.807) is 13.8 Å². The van der Waals surface area contributed by atoms with Gasteiger partial charge in [0.25, 0.3) is 0 Å². The summed E-state index contributed by atoms with van der Waals surface area (Å²) < 4.78 is 0. The Morgan fingerprint density at radius 1 is 0.718 bits per heavy atom. The third kappa shape index (κ3) is 21.8. The number of hydrogen-bond acceptors (Lipinski definition) is 15. The van der Waals surface area contributed by atoms with Crippen LogP contribution in [0.3, 0.4) is 0 Å². The molecule has 11 N–H and O–H groups in total. The lowest BCUT2D eigenvalue weighted by Gasteiger charge is -2.28. The van der Waals surface area contributed by atoms with Crippen LogP contribution in [0.4, 0.5) is 0 Å². The minimum atomic E-state index is -1.54. The zero-order chi connectivity index (χ0) is 53.5. The summed E-state index contributed by atoms with van der Waals surface area (Å²) in [5.41, 5.74) is 10.8. The number of rotatable bonds is 36. The van der Waals surface area contributed by atoms with Crippen LogP contribution in [-0.4, -0.2) is 147 Å². The molecular weight excluding hydrogens is 927 g/mol. The van der Waals surface area contributed by atoms with E-state index in [0.717, 1.165) is 0 Å². The van der Waals surface area contributed by atoms with Crippen molar-refractivity contribution in [3.8, 4) is 0 Å². The predicted octanol–water partition coefficient (Wildman–Crippen LogP) is 0.645. The molecule has 1 unspecified atom stereocenters. The van der Waals surface area contributed by atoms with Gasteiger partial charge in [-0.3, -0.25) is 57.5 Å². The monoisotopic (exact) mass is 1010 g/mol. The van der Waals surface area contributed by atoms with Gasteiger partial charge in [-0.05, 0) is 70.3 Å². The highest BCUT2D eigenvalue weighted by molar-refractivity contribution is 5.98. The van der Waals surface area contributed by atoms with E-state index in [1.807, 2.05) is 13.8 Å². The lowest BCUT2D eigenvalue weighted by Crippen LogP contribution is -2.50. The molecule has 0 aliphatic carbocycles. The molecule has 400 valence electrons. The lowest BCUT2D eigenvalue weighted by molar-refractivity contribution is -0.145. The Labute approximate surface area is 415 Å². The van der Waals surface area contributed by atoms with E-state index in [2.05, 4.69) is 21.3 Å². The number of aliphatic hydroxyl groups excluding tert-OH is 1. The smallest absolute Gasteiger partial charge is 0.306 e. The topological polar surface area (TPSA) is 369 Å². The normalized spacial score (nSPS) is 19.6. The van der Waals surface area contributed by atoms with Gasteiger partial charge in [0.1, 0.15) is 5.78 Å². The van der Waals surface area contributed by atoms with Crippen molar-refractivity contribution in [2.75, 3.05) is 19.6 Å². The fourth-order valence-corrected chi connectivity index (χ4v) is 8.99. The molecule has 71 heavy (non-hydrogen) atoms. The minimum absolute atomic E-state index is 0.112. The fourth-order valence-electron chi connectivity index (χ4n) is 8.99. The third-order valence-electron chi connectivity index (χ3n) is 13.3. The molecule has 22 nitrogen and oxygen atoms in total. The summed E-state index contributed by atoms with van der Waals surface area (Å²) in [6.45, 7) is 9.41. The van der Waals surface area contributed by atoms with Gasteiger partial charge in [-0.15, -0.1) is 0 Å². The van der Waals surface area contributed by atoms with Gasteiger partial charge in [-0.25, -0.2) is 0 Å². The summed E-state index contributed by atoms with van der Waals surface area (Å²) in [6, 6.07) is -5.13. The molecule has 2 aliphatic heterocycles. The van der Waals surface area contributed by atoms with Crippen LogP contribution in [0.25, 0.3) is 0 Å². The van der Waals surface area contributed by atoms with E-state index in [1.165, 1.54) is 11.8 Å². The second-order valence-corrected chi connectivity index (χ2v) is 19.7. The van der Waals surface area contributed by atoms with Gasteiger partial charge in [-0.1, -0.05) is 40.5 Å². The molecule has 0 spiro atoms. The molecule has 0 saturated carbocycles. The molecule has 0 aromatic heterocycles. The van der Waals surface area contributed by atoms with Crippen molar-refractivity contribution in [3.63, 3.8) is 0 Å². The summed E-state index contributed by atoms with van der Waals surface area (Å²) >= 11 is 0. The first kappa shape index (κ1) is 61.6. The van der Waals surface area contributed by atoms with E-state index in [9.17, 15) is 72.9 Å². The maximum absolute atomic E-state index is 14.1. The Bertz CT molecular complexity index is 1910. The second-order valence-electron chi connectivity index (χ2n) is 19.7. The van der Waals surface area contributed by atoms with E-state index in [0.29, 0.717) is 38.6 Å². The van der Waals surface area contributed by atoms with Crippen LogP contribution in [0.5, 0.6) is 0 Å². The maximum atomic E-state index is 14.1. The highest BCUT2D eigenvalue weighted by Crippen LogP contribution is 2.25. The Hall–Kier alpha value is -5.48. The predicted molar refractivity (Wildman–Crippen MR) is 257 cm³/mol. The number of ketones is 5. The molecule has 2 fully saturated rings. The number of unbranched alkanes of at least 4 members (excludes halogenated alkanes) is 1. The van der Waals surface area contributed by atoms with E-state index in [4.69, 9.17) is 11.5 Å². The molecule has 5 amide bonds. The van der Waals surface area contributed by atoms with Crippen LogP contribution in [0.1, 0.15) is 150 Å². The average molecular weight is 1010 g/mol. The van der Waals surface area contributed by atoms with Crippen LogP contribution in [0.2, 0.25) is 0 Å². The lowest BCUT2D eigenvalue weighted by atomic mass is 9.85. The van der Waals surface area contributed by atoms with Gasteiger partial charge in [0.15, 0.2) is 23.1 Å². The van der Waals surface area contributed by atoms with Crippen molar-refractivity contribution in [1.29, 1.82) is 0 Å². The standard InChI is InChI=1S/C49H79N7O15/c1-6-28(4)46(55-48(69)32(24-45(66)67)22-39(60)34(12-15-42(51)63)54-43(64)16-13-38(59)35-25-33(57)26-52-35)41(62)23-31(20-27(2)3)47(68)53-29(5)37(58)14-17-44(65)56-19-9-11-36(56)40(61)21-30(49(70)71)10-7-8-18-50/h27-36,46,52,57H,6-26,50H2,1-5H3,(H2,51,63)(H,53,68)(H,54,64)(H,55,69)(H,66,67)(H,70,71)/t28?,29-,30+,31+,32-,33+,34-,35-,36-,46-/m0/s1. The van der Waals surface area contributed by atoms with Crippen LogP contribution in [-0.2, 0) is 57.5 Å². The molecule has 22 heteroatoms. The third-order valence-corrected chi connectivity index (χ3v) is 13.3. The molecule has 2 saturated heterocycles. The van der Waals surface area contributed by atoms with Gasteiger partial charge in [-0.2, -0.15) is 0 Å². The van der Waals surface area contributed by atoms with Crippen LogP contribution < -0.4 is 32.7 Å². The van der Waals surface area contributed by atoms with Crippen molar-refractivity contribution in [2.24, 2.45) is 41.1 Å². The van der Waals surface area contributed by atoms with Gasteiger partial charge < -0.3 is 53.0 Å². The SMILES string of the molecule is CCC(C)[C@H](NC(=O)[C@H](CC(=O)O)CC(=O)[C@H](CCC(N)=O)NC(=O)CCC(=O)[C@@H]1C[C@@H](O)CN1)C(=O)C[C@@H](CC(C)C)C(=O)N[C@@H](C)C(=O)CCC(=O)N1CCC[C@H]1C(=O)C[C@@H](CCCCN)C(=O)O. The van der Waals surface area contributed by atoms with Gasteiger partial charge >= 0.3 is 11.9 Å². The van der Waals surface area contributed by atoms with Crippen LogP contribution in [0, 0.1) is 29.6 Å². The molecule has 2 heterocycles. The van der Waals surface area contributed by atoms with Crippen molar-refractivity contribution >= 4 is 70.4 Å². The molecular formula is C49H79N7O15. The van der Waals surface area contributed by atoms with Gasteiger partial charge in [0.2, 0.25) is 29.5 Å². The number of nitrogens with zero attached hydrogens (tertiary/aromatic N) is 1. The Morgan fingerprint density at radius 2 is 1.38 bits per heavy atom. The number of carboxylic acid groups (broad SMARTS) is 2. The summed E-state index contributed by atoms with van der Waals surface area (Å²) in [5.74, 6) is -12.7. The highest BCUT2D eigenvalue weighted by atomic mass is 16.4. The summed E-state index contributed by atoms with van der Waals surface area (Å²) in [5, 5.41) is 39.7. The number of carboxylic acids is 2. The molecule has 0 aromatic carbocycles. The number of likely N-dealkylation sites (tertiary alicyclic amines) is 1. The molecule has 10 atom stereocenters. The van der Waals surface area contributed by atoms with E-state index >= 15 is 0 Å². The zero-order valence-corrected chi connectivity index (χ0v) is 42.0. The number of β-amino-alcohol motifs (C(OH)–C–C–N with tert-alkyl or cyclic N) is 1. The highest BCUT2D eigenvalue weighted by Gasteiger charge is 2.38. The van der Waals surface area contributed by atoms with E-state index in [-0.39, 0.29) is 101 Å². The number of carbonyl (C=O) groups excluding carboxylic acids is 10. The van der Waals surface area contributed by atoms with Crippen molar-refractivity contribution in [2.45, 2.75) is 187 Å². The van der Waals surface area contributed by atoms with Gasteiger partial charge in [0, 0.05) is 70.4 Å². The number of amides is 5. The molecule has 0 radical (unpaired) electrons. The first-order chi connectivity index (χ1) is 33.4. The molecule has 0 aromatic rings. The number of aliphatic carboxylic acids is 2. The number of aliphatic hydroxyl groups is 1. The van der Waals surface area contributed by atoms with Crippen LogP contribution >= 0.6 is 0 Å². The largest absolute Gasteiger partial charge is 0.481 e. The Balaban J connectivity index is 2.13. The molecule has 2 rings (SSSR count). The Morgan fingerprint density at radius 3 is 1.96 bits per heavy atom. The first-order valence-corrected chi connectivity index (χ1v) is 25.1. The first-order valence-electron chi connectivity index (χ1n) is 25.1. The van der Waals surface area contributed by atoms with Crippen molar-refractivity contribution in [1.82, 2.24) is 26.2 Å². The van der Waals surface area contributed by atoms with Crippen molar-refractivity contribution < 1.29 is 72.9 Å². The number of carbonyl (C=O) groups is 12. The number of nitrogens with two attached hydrogens (primary N) is 2. The number of nitrogens with one attached hydrogen (secondary N) is 4. The maximum Gasteiger partial charge on any atom is 0.306 e. The van der Waals surface area contributed by atoms with Crippen LogP contribution in [0.15, 0.2) is 0 Å². The number of hydrogen-bond donors (Lipinski definition) is 9. The molecule has 2 aliphatic rings. The number of primary amides is 1.